The summed E-state index contributed by atoms with van der Waals surface area (Å²) >= 11 is 1.50. The first kappa shape index (κ1) is 36.8. The van der Waals surface area contributed by atoms with Crippen LogP contribution < -0.4 is 15.4 Å². The Morgan fingerprint density at radius 1 is 0.696 bits per heavy atom. The predicted octanol–water partition coefficient (Wildman–Crippen LogP) is 11.3. The highest BCUT2D eigenvalue weighted by Gasteiger charge is 2.33. The molecule has 3 atom stereocenters. The zero-order chi connectivity index (χ0) is 38.1. The number of urea groups is 1. The Morgan fingerprint density at radius 3 is 2.07 bits per heavy atom. The van der Waals surface area contributed by atoms with Crippen molar-refractivity contribution in [1.29, 1.82) is 0 Å². The number of oxazole rings is 1. The van der Waals surface area contributed by atoms with Gasteiger partial charge in [-0.1, -0.05) is 127 Å². The van der Waals surface area contributed by atoms with Crippen molar-refractivity contribution < 1.29 is 28.5 Å². The second kappa shape index (κ2) is 17.5. The number of aliphatic hydroxyl groups is 1. The summed E-state index contributed by atoms with van der Waals surface area (Å²) in [4.78, 5) is 18.0. The normalized spacial score (nSPS) is 16.6. The van der Waals surface area contributed by atoms with Crippen LogP contribution >= 0.6 is 11.8 Å². The fraction of sp³-hybridized carbons (Fsp3) is 0.130. The van der Waals surface area contributed by atoms with E-state index in [-0.39, 0.29) is 18.8 Å². The van der Waals surface area contributed by atoms with Gasteiger partial charge in [0.2, 0.25) is 0 Å². The number of hydrogen-bond donors (Lipinski definition) is 3. The number of aliphatic hydroxyl groups excluding tert-OH is 1. The number of carbonyl (C=O) groups excluding carboxylic acids is 1. The Hall–Kier alpha value is -6.17. The van der Waals surface area contributed by atoms with Crippen LogP contribution in [0.3, 0.4) is 0 Å². The highest BCUT2D eigenvalue weighted by Crippen LogP contribution is 2.41. The number of carbonyl (C=O) groups is 1. The highest BCUT2D eigenvalue weighted by molar-refractivity contribution is 7.99. The molecule has 0 aliphatic carbocycles. The van der Waals surface area contributed by atoms with Crippen LogP contribution in [0.5, 0.6) is 11.5 Å². The molecule has 280 valence electrons. The summed E-state index contributed by atoms with van der Waals surface area (Å²) in [5, 5.41) is 16.0. The van der Waals surface area contributed by atoms with Crippen LogP contribution in [0.15, 0.2) is 173 Å². The standard InChI is InChI=1S/C46H39N3O6S/c50-29-31-19-21-32(22-20-31)41-28-40(30-56-46-49-42(33-11-4-1-5-12-33)43(55-46)34-13-6-2-7-14-34)53-44(54-41)35-15-10-16-37(27-35)48-45(51)47-36-23-25-39(26-24-36)52-38-17-8-3-9-18-38/h1-27,40-41,44,50H,28-30H2,(H2,47,48,51). The number of nitrogens with zero attached hydrogens (tertiary/aromatic N) is 1. The van der Waals surface area contributed by atoms with Gasteiger partial charge in [-0.25, -0.2) is 9.78 Å². The third kappa shape index (κ3) is 9.19. The SMILES string of the molecule is O=C(Nc1ccc(Oc2ccccc2)cc1)Nc1cccc(C2OC(CSc3nc(-c4ccccc4)c(-c4ccccc4)o3)CC(c3ccc(CO)cc3)O2)c1. The van der Waals surface area contributed by atoms with Gasteiger partial charge in [-0.2, -0.15) is 0 Å². The van der Waals surface area contributed by atoms with E-state index >= 15 is 0 Å². The van der Waals surface area contributed by atoms with E-state index in [2.05, 4.69) is 10.6 Å². The Kier molecular flexibility index (Phi) is 11.5. The average Bonchev–Trinajstić information content (AvgIpc) is 3.69. The Balaban J connectivity index is 0.972. The van der Waals surface area contributed by atoms with E-state index in [0.717, 1.165) is 45.0 Å². The summed E-state index contributed by atoms with van der Waals surface area (Å²) in [6.45, 7) is -0.0375. The van der Waals surface area contributed by atoms with Crippen LogP contribution in [0.2, 0.25) is 0 Å². The molecule has 56 heavy (non-hydrogen) atoms. The molecule has 1 aromatic heterocycles. The van der Waals surface area contributed by atoms with Crippen LogP contribution in [0.1, 0.15) is 35.5 Å². The van der Waals surface area contributed by atoms with Crippen molar-refractivity contribution in [2.75, 3.05) is 16.4 Å². The molecule has 1 fully saturated rings. The van der Waals surface area contributed by atoms with Gasteiger partial charge in [-0.15, -0.1) is 0 Å². The number of hydrogen-bond acceptors (Lipinski definition) is 8. The van der Waals surface area contributed by atoms with Crippen molar-refractivity contribution in [3.8, 4) is 34.1 Å². The maximum absolute atomic E-state index is 13.1. The molecule has 3 N–H and O–H groups in total. The minimum absolute atomic E-state index is 0.0375. The summed E-state index contributed by atoms with van der Waals surface area (Å²) in [6, 6.07) is 51.6. The topological polar surface area (TPSA) is 115 Å². The quantitative estimate of drug-likeness (QED) is 0.105. The molecular weight excluding hydrogens is 723 g/mol. The van der Waals surface area contributed by atoms with E-state index in [1.54, 1.807) is 24.3 Å². The second-order valence-electron chi connectivity index (χ2n) is 13.2. The Labute approximate surface area is 329 Å². The fourth-order valence-electron chi connectivity index (χ4n) is 6.41. The smallest absolute Gasteiger partial charge is 0.323 e. The minimum Gasteiger partial charge on any atom is -0.457 e. The lowest BCUT2D eigenvalue weighted by molar-refractivity contribution is -0.245. The molecular formula is C46H39N3O6S. The van der Waals surface area contributed by atoms with Gasteiger partial charge < -0.3 is 34.4 Å². The lowest BCUT2D eigenvalue weighted by Gasteiger charge is -2.36. The summed E-state index contributed by atoms with van der Waals surface area (Å²) in [5.74, 6) is 2.67. The first-order chi connectivity index (χ1) is 27.6. The molecule has 3 unspecified atom stereocenters. The van der Waals surface area contributed by atoms with Crippen molar-refractivity contribution in [3.63, 3.8) is 0 Å². The van der Waals surface area contributed by atoms with Gasteiger partial charge in [-0.05, 0) is 59.7 Å². The first-order valence-electron chi connectivity index (χ1n) is 18.3. The minimum atomic E-state index is -0.719. The van der Waals surface area contributed by atoms with E-state index in [9.17, 15) is 9.90 Å². The van der Waals surface area contributed by atoms with Gasteiger partial charge in [0.1, 0.15) is 17.2 Å². The number of nitrogens with one attached hydrogen (secondary N) is 2. The second-order valence-corrected chi connectivity index (χ2v) is 14.2. The largest absolute Gasteiger partial charge is 0.457 e. The zero-order valence-corrected chi connectivity index (χ0v) is 31.1. The van der Waals surface area contributed by atoms with Crippen LogP contribution in [0, 0.1) is 0 Å². The van der Waals surface area contributed by atoms with Gasteiger partial charge >= 0.3 is 6.03 Å². The average molecular weight is 762 g/mol. The van der Waals surface area contributed by atoms with Crippen LogP contribution in [0.25, 0.3) is 22.6 Å². The number of anilines is 2. The van der Waals surface area contributed by atoms with Crippen LogP contribution in [-0.4, -0.2) is 28.0 Å². The van der Waals surface area contributed by atoms with E-state index in [4.69, 9.17) is 23.6 Å². The summed E-state index contributed by atoms with van der Waals surface area (Å²) < 4.78 is 25.5. The predicted molar refractivity (Wildman–Crippen MR) is 219 cm³/mol. The molecule has 2 heterocycles. The number of benzene rings is 6. The lowest BCUT2D eigenvalue weighted by atomic mass is 10.0. The van der Waals surface area contributed by atoms with Crippen molar-refractivity contribution >= 4 is 29.2 Å². The lowest BCUT2D eigenvalue weighted by Crippen LogP contribution is -2.31. The van der Waals surface area contributed by atoms with Crippen LogP contribution in [0.4, 0.5) is 16.2 Å². The summed E-state index contributed by atoms with van der Waals surface area (Å²) in [5.41, 5.74) is 6.47. The van der Waals surface area contributed by atoms with E-state index in [1.807, 2.05) is 140 Å². The van der Waals surface area contributed by atoms with Crippen molar-refractivity contribution in [1.82, 2.24) is 4.98 Å². The molecule has 0 saturated carbocycles. The molecule has 1 saturated heterocycles. The summed E-state index contributed by atoms with van der Waals surface area (Å²) in [6.07, 6.45) is -0.648. The molecule has 0 radical (unpaired) electrons. The van der Waals surface area contributed by atoms with E-state index in [1.165, 1.54) is 11.8 Å². The van der Waals surface area contributed by atoms with E-state index < -0.39 is 12.3 Å². The Morgan fingerprint density at radius 2 is 1.36 bits per heavy atom. The fourth-order valence-corrected chi connectivity index (χ4v) is 7.25. The van der Waals surface area contributed by atoms with Crippen molar-refractivity contribution in [2.45, 2.75) is 36.7 Å². The molecule has 8 rings (SSSR count). The molecule has 0 spiro atoms. The number of thioether (sulfide) groups is 1. The maximum atomic E-state index is 13.1. The third-order valence-corrected chi connectivity index (χ3v) is 10.2. The van der Waals surface area contributed by atoms with Crippen molar-refractivity contribution in [3.05, 3.63) is 180 Å². The number of ether oxygens (including phenoxy) is 3. The summed E-state index contributed by atoms with van der Waals surface area (Å²) in [7, 11) is 0. The van der Waals surface area contributed by atoms with Gasteiger partial charge in [0.25, 0.3) is 5.22 Å². The Bertz CT molecular complexity index is 2280. The molecule has 1 aliphatic rings. The number of para-hydroxylation sites is 1. The number of amides is 2. The third-order valence-electron chi connectivity index (χ3n) is 9.21. The number of aromatic nitrogens is 1. The molecule has 10 heteroatoms. The monoisotopic (exact) mass is 761 g/mol. The number of rotatable bonds is 12. The first-order valence-corrected chi connectivity index (χ1v) is 19.3. The molecule has 1 aliphatic heterocycles. The molecule has 9 nitrogen and oxygen atoms in total. The molecule has 2 amide bonds. The van der Waals surface area contributed by atoms with E-state index in [0.29, 0.717) is 34.5 Å². The zero-order valence-electron chi connectivity index (χ0n) is 30.3. The molecule has 0 bridgehead atoms. The van der Waals surface area contributed by atoms with Gasteiger partial charge in [0, 0.05) is 40.2 Å². The maximum Gasteiger partial charge on any atom is 0.323 e. The van der Waals surface area contributed by atoms with Gasteiger partial charge in [0.15, 0.2) is 12.1 Å². The molecule has 7 aromatic rings. The highest BCUT2D eigenvalue weighted by atomic mass is 32.2. The van der Waals surface area contributed by atoms with Crippen LogP contribution in [-0.2, 0) is 16.1 Å². The van der Waals surface area contributed by atoms with Crippen molar-refractivity contribution in [2.24, 2.45) is 0 Å². The molecule has 6 aromatic carbocycles. The van der Waals surface area contributed by atoms with Gasteiger partial charge in [-0.3, -0.25) is 0 Å². The van der Waals surface area contributed by atoms with Gasteiger partial charge in [0.05, 0.1) is 18.8 Å².